The Morgan fingerprint density at radius 2 is 1.54 bits per heavy atom. The number of amides is 3. The molecule has 2 saturated heterocycles. The molecule has 0 saturated carbocycles. The first-order chi connectivity index (χ1) is 13.5. The van der Waals surface area contributed by atoms with Crippen LogP contribution < -0.4 is 0 Å². The molecule has 148 valence electrons. The molecule has 0 spiro atoms. The van der Waals surface area contributed by atoms with E-state index in [4.69, 9.17) is 4.74 Å². The highest BCUT2D eigenvalue weighted by Gasteiger charge is 2.31. The fourth-order valence-electron chi connectivity index (χ4n) is 3.60. The quantitative estimate of drug-likeness (QED) is 0.698. The van der Waals surface area contributed by atoms with Crippen LogP contribution in [0.1, 0.15) is 16.1 Å². The smallest absolute Gasteiger partial charge is 0.312 e. The lowest BCUT2D eigenvalue weighted by Gasteiger charge is -2.35. The lowest BCUT2D eigenvalue weighted by atomic mass is 10.1. The van der Waals surface area contributed by atoms with E-state index in [1.807, 2.05) is 19.1 Å². The number of fused-ring (bicyclic) bond motifs is 1. The maximum absolute atomic E-state index is 12.8. The Morgan fingerprint density at radius 1 is 0.929 bits per heavy atom. The van der Waals surface area contributed by atoms with E-state index in [9.17, 15) is 14.4 Å². The number of benzene rings is 1. The zero-order chi connectivity index (χ0) is 19.7. The van der Waals surface area contributed by atoms with Crippen LogP contribution in [0, 0.1) is 6.92 Å². The van der Waals surface area contributed by atoms with Gasteiger partial charge in [-0.2, -0.15) is 5.10 Å². The molecule has 0 radical (unpaired) electrons. The molecular weight excluding hydrogens is 362 g/mol. The first kappa shape index (κ1) is 18.4. The van der Waals surface area contributed by atoms with Crippen molar-refractivity contribution in [1.82, 2.24) is 24.9 Å². The second-order valence-electron chi connectivity index (χ2n) is 7.07. The van der Waals surface area contributed by atoms with Gasteiger partial charge in [0.15, 0.2) is 0 Å². The minimum absolute atomic E-state index is 0.0749. The number of hydrogen-bond donors (Lipinski definition) is 1. The minimum atomic E-state index is -0.496. The highest BCUT2D eigenvalue weighted by Crippen LogP contribution is 2.19. The van der Waals surface area contributed by atoms with Gasteiger partial charge in [-0.15, -0.1) is 0 Å². The second-order valence-corrected chi connectivity index (χ2v) is 7.07. The van der Waals surface area contributed by atoms with Gasteiger partial charge in [0.25, 0.3) is 5.91 Å². The van der Waals surface area contributed by atoms with Crippen LogP contribution in [0.25, 0.3) is 10.9 Å². The van der Waals surface area contributed by atoms with Gasteiger partial charge in [0.05, 0.1) is 18.7 Å². The fraction of sp³-hybridized carbons (Fsp3) is 0.474. The van der Waals surface area contributed by atoms with Gasteiger partial charge in [-0.1, -0.05) is 0 Å². The van der Waals surface area contributed by atoms with Gasteiger partial charge < -0.3 is 19.4 Å². The Morgan fingerprint density at radius 3 is 2.21 bits per heavy atom. The number of aromatic nitrogens is 2. The fourth-order valence-corrected chi connectivity index (χ4v) is 3.60. The van der Waals surface area contributed by atoms with Gasteiger partial charge in [0.2, 0.25) is 0 Å². The first-order valence-electron chi connectivity index (χ1n) is 9.44. The zero-order valence-corrected chi connectivity index (χ0v) is 15.8. The molecule has 0 bridgehead atoms. The molecule has 28 heavy (non-hydrogen) atoms. The zero-order valence-electron chi connectivity index (χ0n) is 15.8. The van der Waals surface area contributed by atoms with E-state index in [0.29, 0.717) is 58.0 Å². The minimum Gasteiger partial charge on any atom is -0.378 e. The number of hydrogen-bond acceptors (Lipinski definition) is 5. The largest absolute Gasteiger partial charge is 0.378 e. The van der Waals surface area contributed by atoms with E-state index in [1.54, 1.807) is 11.0 Å². The van der Waals surface area contributed by atoms with Crippen molar-refractivity contribution in [2.75, 3.05) is 52.5 Å². The highest BCUT2D eigenvalue weighted by molar-refractivity contribution is 6.35. The number of ether oxygens (including phenoxy) is 1. The molecule has 0 atom stereocenters. The normalized spacial score (nSPS) is 17.8. The number of nitrogens with one attached hydrogen (secondary N) is 1. The van der Waals surface area contributed by atoms with Gasteiger partial charge in [0.1, 0.15) is 0 Å². The van der Waals surface area contributed by atoms with E-state index in [1.165, 1.54) is 9.80 Å². The Labute approximate surface area is 162 Å². The van der Waals surface area contributed by atoms with Gasteiger partial charge in [-0.3, -0.25) is 19.5 Å². The van der Waals surface area contributed by atoms with Crippen molar-refractivity contribution >= 4 is 28.6 Å². The van der Waals surface area contributed by atoms with Crippen molar-refractivity contribution in [3.63, 3.8) is 0 Å². The van der Waals surface area contributed by atoms with E-state index in [0.717, 1.165) is 16.6 Å². The van der Waals surface area contributed by atoms with Gasteiger partial charge in [0, 0.05) is 55.9 Å². The van der Waals surface area contributed by atoms with E-state index >= 15 is 0 Å². The monoisotopic (exact) mass is 385 g/mol. The Hall–Kier alpha value is -2.94. The number of carbonyl (C=O) groups excluding carboxylic acids is 3. The molecule has 1 N–H and O–H groups in total. The molecule has 9 nitrogen and oxygen atoms in total. The van der Waals surface area contributed by atoms with Crippen LogP contribution in [0.2, 0.25) is 0 Å². The van der Waals surface area contributed by atoms with Crippen LogP contribution in [0.15, 0.2) is 18.2 Å². The highest BCUT2D eigenvalue weighted by atomic mass is 16.5. The summed E-state index contributed by atoms with van der Waals surface area (Å²) in [6, 6.07) is 5.44. The van der Waals surface area contributed by atoms with Crippen LogP contribution in [0.5, 0.6) is 0 Å². The molecule has 2 aromatic rings. The number of carbonyl (C=O) groups is 3. The Bertz CT molecular complexity index is 910. The Kier molecular flexibility index (Phi) is 4.99. The summed E-state index contributed by atoms with van der Waals surface area (Å²) in [6.07, 6.45) is 0. The number of aromatic amines is 1. The van der Waals surface area contributed by atoms with Gasteiger partial charge in [-0.05, 0) is 25.1 Å². The summed E-state index contributed by atoms with van der Waals surface area (Å²) < 4.78 is 5.22. The molecule has 9 heteroatoms. The molecule has 2 fully saturated rings. The lowest BCUT2D eigenvalue weighted by Crippen LogP contribution is -2.55. The molecule has 2 aliphatic rings. The van der Waals surface area contributed by atoms with E-state index < -0.39 is 11.8 Å². The number of piperazine rings is 1. The molecule has 4 rings (SSSR count). The molecule has 1 aromatic heterocycles. The standard InChI is InChI=1S/C19H23N5O4/c1-13-15-12-14(2-3-16(15)21-20-13)17(25)22-4-6-23(7-5-22)18(26)19(27)24-8-10-28-11-9-24/h2-3,12H,4-11H2,1H3,(H,20,21). The average Bonchev–Trinajstić information content (AvgIpc) is 3.13. The predicted molar refractivity (Wildman–Crippen MR) is 101 cm³/mol. The van der Waals surface area contributed by atoms with Crippen molar-refractivity contribution in [1.29, 1.82) is 0 Å². The maximum Gasteiger partial charge on any atom is 0.312 e. The number of rotatable bonds is 1. The van der Waals surface area contributed by atoms with Crippen molar-refractivity contribution < 1.29 is 19.1 Å². The van der Waals surface area contributed by atoms with E-state index in [2.05, 4.69) is 10.2 Å². The lowest BCUT2D eigenvalue weighted by molar-refractivity contribution is -0.154. The number of morpholine rings is 1. The molecule has 2 aliphatic heterocycles. The van der Waals surface area contributed by atoms with Crippen LogP contribution in [-0.2, 0) is 14.3 Å². The summed E-state index contributed by atoms with van der Waals surface area (Å²) in [5, 5.41) is 8.02. The third-order valence-electron chi connectivity index (χ3n) is 5.33. The van der Waals surface area contributed by atoms with Crippen LogP contribution in [0.3, 0.4) is 0 Å². The third-order valence-corrected chi connectivity index (χ3v) is 5.33. The molecule has 3 heterocycles. The third kappa shape index (κ3) is 3.45. The number of aryl methyl sites for hydroxylation is 1. The number of nitrogens with zero attached hydrogens (tertiary/aromatic N) is 4. The van der Waals surface area contributed by atoms with Crippen molar-refractivity contribution in [3.05, 3.63) is 29.5 Å². The molecule has 0 unspecified atom stereocenters. The predicted octanol–water partition coefficient (Wildman–Crippen LogP) is 0.0145. The van der Waals surface area contributed by atoms with Crippen molar-refractivity contribution in [2.45, 2.75) is 6.92 Å². The summed E-state index contributed by atoms with van der Waals surface area (Å²) in [5.41, 5.74) is 2.34. The van der Waals surface area contributed by atoms with E-state index in [-0.39, 0.29) is 5.91 Å². The van der Waals surface area contributed by atoms with Crippen LogP contribution >= 0.6 is 0 Å². The Balaban J connectivity index is 1.37. The summed E-state index contributed by atoms with van der Waals surface area (Å²) in [5.74, 6) is -1.05. The summed E-state index contributed by atoms with van der Waals surface area (Å²) in [6.45, 7) is 5.24. The molecule has 3 amide bonds. The SMILES string of the molecule is Cc1[nH]nc2ccc(C(=O)N3CCN(C(=O)C(=O)N4CCOCC4)CC3)cc12. The first-order valence-corrected chi connectivity index (χ1v) is 9.44. The average molecular weight is 385 g/mol. The second kappa shape index (κ2) is 7.59. The molecule has 1 aromatic carbocycles. The van der Waals surface area contributed by atoms with Crippen LogP contribution in [0.4, 0.5) is 0 Å². The summed E-state index contributed by atoms with van der Waals surface area (Å²) in [7, 11) is 0. The molecular formula is C19H23N5O4. The maximum atomic E-state index is 12.8. The van der Waals surface area contributed by atoms with Gasteiger partial charge in [-0.25, -0.2) is 0 Å². The summed E-state index contributed by atoms with van der Waals surface area (Å²) >= 11 is 0. The van der Waals surface area contributed by atoms with Crippen molar-refractivity contribution in [2.24, 2.45) is 0 Å². The number of H-pyrrole nitrogens is 1. The van der Waals surface area contributed by atoms with Gasteiger partial charge >= 0.3 is 11.8 Å². The topological polar surface area (TPSA) is 98.8 Å². The molecule has 0 aliphatic carbocycles. The van der Waals surface area contributed by atoms with Crippen LogP contribution in [-0.4, -0.2) is 95.1 Å². The van der Waals surface area contributed by atoms with Crippen molar-refractivity contribution in [3.8, 4) is 0 Å². The summed E-state index contributed by atoms with van der Waals surface area (Å²) in [4.78, 5) is 42.5.